The number of fused-ring (bicyclic) bond motifs is 1. The Morgan fingerprint density at radius 3 is 2.52 bits per heavy atom. The molecule has 1 aromatic heterocycles. The average Bonchev–Trinajstić information content (AvgIpc) is 2.97. The van der Waals surface area contributed by atoms with Gasteiger partial charge in [0.25, 0.3) is 5.56 Å². The minimum Gasteiger partial charge on any atom is -0.494 e. The van der Waals surface area contributed by atoms with Crippen molar-refractivity contribution < 1.29 is 13.9 Å². The van der Waals surface area contributed by atoms with Gasteiger partial charge in [-0.15, -0.1) is 0 Å². The van der Waals surface area contributed by atoms with E-state index in [0.29, 0.717) is 40.2 Å². The monoisotopic (exact) mass is 627 g/mol. The van der Waals surface area contributed by atoms with Crippen LogP contribution in [0, 0.1) is 12.7 Å². The van der Waals surface area contributed by atoms with Gasteiger partial charge in [0, 0.05) is 21.2 Å². The van der Waals surface area contributed by atoms with Crippen molar-refractivity contribution in [1.82, 2.24) is 9.66 Å². The first-order valence-corrected chi connectivity index (χ1v) is 14.6. The maximum Gasteiger partial charge on any atom is 0.282 e. The van der Waals surface area contributed by atoms with E-state index in [9.17, 15) is 9.18 Å². The molecule has 0 saturated carbocycles. The molecule has 5 rings (SSSR count). The Balaban J connectivity index is 1.64. The summed E-state index contributed by atoms with van der Waals surface area (Å²) in [6.45, 7) is 8.73. The van der Waals surface area contributed by atoms with Gasteiger partial charge in [0.2, 0.25) is 0 Å². The van der Waals surface area contributed by atoms with Crippen LogP contribution in [0.15, 0.2) is 93.2 Å². The van der Waals surface area contributed by atoms with Gasteiger partial charge in [-0.2, -0.15) is 9.78 Å². The van der Waals surface area contributed by atoms with Gasteiger partial charge in [0.15, 0.2) is 5.82 Å². The maximum absolute atomic E-state index is 14.2. The van der Waals surface area contributed by atoms with E-state index in [2.05, 4.69) is 34.9 Å². The molecule has 42 heavy (non-hydrogen) atoms. The fourth-order valence-electron chi connectivity index (χ4n) is 4.72. The van der Waals surface area contributed by atoms with E-state index >= 15 is 0 Å². The Bertz CT molecular complexity index is 1850. The second-order valence-electron chi connectivity index (χ2n) is 10.2. The summed E-state index contributed by atoms with van der Waals surface area (Å²) in [4.78, 5) is 18.8. The van der Waals surface area contributed by atoms with Crippen LogP contribution in [0.3, 0.4) is 0 Å². The maximum atomic E-state index is 14.2. The first kappa shape index (κ1) is 29.2. The second kappa shape index (κ2) is 12.7. The standard InChI is InChI=1S/C34H31BrFN3O3/c1-5-41-32-16-22(4)28(18-27(32)21(2)3)33-38-30-13-9-7-11-26(30)34(40)39(33)37-19-24-17-25(35)14-15-31(24)42-20-23-10-6-8-12-29(23)36/h6-19,21H,5,20H2,1-4H3. The summed E-state index contributed by atoms with van der Waals surface area (Å²) in [5, 5.41) is 5.12. The number of nitrogens with zero attached hydrogens (tertiary/aromatic N) is 3. The van der Waals surface area contributed by atoms with Gasteiger partial charge < -0.3 is 9.47 Å². The van der Waals surface area contributed by atoms with Crippen molar-refractivity contribution in [2.24, 2.45) is 5.10 Å². The van der Waals surface area contributed by atoms with Gasteiger partial charge in [-0.25, -0.2) is 9.37 Å². The zero-order valence-corrected chi connectivity index (χ0v) is 25.5. The van der Waals surface area contributed by atoms with Crippen LogP contribution in [-0.2, 0) is 6.61 Å². The quantitative estimate of drug-likeness (QED) is 0.154. The third-order valence-electron chi connectivity index (χ3n) is 6.90. The number of rotatable bonds is 9. The predicted octanol–water partition coefficient (Wildman–Crippen LogP) is 8.26. The molecule has 214 valence electrons. The lowest BCUT2D eigenvalue weighted by molar-refractivity contribution is 0.299. The minimum atomic E-state index is -0.338. The van der Waals surface area contributed by atoms with Crippen LogP contribution < -0.4 is 15.0 Å². The Hall–Kier alpha value is -4.30. The number of aromatic nitrogens is 2. The van der Waals surface area contributed by atoms with E-state index in [1.54, 1.807) is 42.6 Å². The smallest absolute Gasteiger partial charge is 0.282 e. The van der Waals surface area contributed by atoms with Crippen molar-refractivity contribution in [3.8, 4) is 22.9 Å². The van der Waals surface area contributed by atoms with Crippen LogP contribution in [0.4, 0.5) is 4.39 Å². The second-order valence-corrected chi connectivity index (χ2v) is 11.1. The third kappa shape index (κ3) is 6.14. The van der Waals surface area contributed by atoms with Crippen molar-refractivity contribution in [3.63, 3.8) is 0 Å². The van der Waals surface area contributed by atoms with Crippen molar-refractivity contribution in [3.05, 3.63) is 122 Å². The van der Waals surface area contributed by atoms with Crippen molar-refractivity contribution >= 4 is 33.0 Å². The Morgan fingerprint density at radius 1 is 1.00 bits per heavy atom. The summed E-state index contributed by atoms with van der Waals surface area (Å²) in [6, 6.07) is 23.2. The van der Waals surface area contributed by atoms with E-state index in [4.69, 9.17) is 14.5 Å². The molecule has 0 aliphatic rings. The van der Waals surface area contributed by atoms with E-state index in [-0.39, 0.29) is 23.9 Å². The van der Waals surface area contributed by atoms with Crippen molar-refractivity contribution in [2.45, 2.75) is 40.2 Å². The number of aryl methyl sites for hydroxylation is 1. The highest BCUT2D eigenvalue weighted by atomic mass is 79.9. The first-order chi connectivity index (χ1) is 20.3. The van der Waals surface area contributed by atoms with E-state index in [1.165, 1.54) is 10.7 Å². The highest BCUT2D eigenvalue weighted by Crippen LogP contribution is 2.34. The summed E-state index contributed by atoms with van der Waals surface area (Å²) in [6.07, 6.45) is 1.57. The van der Waals surface area contributed by atoms with E-state index in [0.717, 1.165) is 26.9 Å². The number of ether oxygens (including phenoxy) is 2. The highest BCUT2D eigenvalue weighted by Gasteiger charge is 2.19. The molecular formula is C34H31BrFN3O3. The lowest BCUT2D eigenvalue weighted by atomic mass is 9.96. The Kier molecular flexibility index (Phi) is 8.83. The molecule has 0 spiro atoms. The van der Waals surface area contributed by atoms with Gasteiger partial charge in [-0.3, -0.25) is 4.79 Å². The number of para-hydroxylation sites is 1. The van der Waals surface area contributed by atoms with Gasteiger partial charge in [0.1, 0.15) is 23.9 Å². The largest absolute Gasteiger partial charge is 0.494 e. The fraction of sp³-hybridized carbons (Fsp3) is 0.206. The van der Waals surface area contributed by atoms with Crippen molar-refractivity contribution in [1.29, 1.82) is 0 Å². The molecule has 0 fully saturated rings. The topological polar surface area (TPSA) is 65.7 Å². The van der Waals surface area contributed by atoms with Crippen LogP contribution >= 0.6 is 15.9 Å². The third-order valence-corrected chi connectivity index (χ3v) is 7.39. The Morgan fingerprint density at radius 2 is 1.76 bits per heavy atom. The molecular weight excluding hydrogens is 597 g/mol. The van der Waals surface area contributed by atoms with Gasteiger partial charge >= 0.3 is 0 Å². The molecule has 0 aliphatic carbocycles. The molecule has 1 heterocycles. The molecule has 0 aliphatic heterocycles. The van der Waals surface area contributed by atoms with Gasteiger partial charge in [-0.05, 0) is 79.4 Å². The zero-order chi connectivity index (χ0) is 29.8. The number of benzene rings is 4. The fourth-order valence-corrected chi connectivity index (χ4v) is 5.10. The molecule has 0 unspecified atom stereocenters. The molecule has 0 atom stereocenters. The number of hydrogen-bond acceptors (Lipinski definition) is 5. The molecule has 0 bridgehead atoms. The van der Waals surface area contributed by atoms with Crippen LogP contribution in [0.5, 0.6) is 11.5 Å². The van der Waals surface area contributed by atoms with Crippen molar-refractivity contribution in [2.75, 3.05) is 6.61 Å². The SMILES string of the molecule is CCOc1cc(C)c(-c2nc3ccccc3c(=O)n2N=Cc2cc(Br)ccc2OCc2ccccc2F)cc1C(C)C. The average molecular weight is 629 g/mol. The van der Waals surface area contributed by atoms with Gasteiger partial charge in [0.05, 0.1) is 23.7 Å². The normalized spacial score (nSPS) is 11.5. The van der Waals surface area contributed by atoms with Crippen LogP contribution in [-0.4, -0.2) is 22.5 Å². The molecule has 8 heteroatoms. The van der Waals surface area contributed by atoms with Crippen LogP contribution in [0.1, 0.15) is 48.9 Å². The summed E-state index contributed by atoms with van der Waals surface area (Å²) in [5.41, 5.74) is 4.05. The summed E-state index contributed by atoms with van der Waals surface area (Å²) < 4.78 is 28.3. The zero-order valence-electron chi connectivity index (χ0n) is 23.9. The van der Waals surface area contributed by atoms with Gasteiger partial charge in [-0.1, -0.05) is 60.1 Å². The predicted molar refractivity (Wildman–Crippen MR) is 169 cm³/mol. The number of halogens is 2. The van der Waals surface area contributed by atoms with E-state index in [1.807, 2.05) is 50.2 Å². The lowest BCUT2D eigenvalue weighted by Gasteiger charge is -2.18. The number of hydrogen-bond donors (Lipinski definition) is 0. The molecule has 4 aromatic carbocycles. The molecule has 0 N–H and O–H groups in total. The summed E-state index contributed by atoms with van der Waals surface area (Å²) >= 11 is 3.51. The lowest BCUT2D eigenvalue weighted by Crippen LogP contribution is -2.21. The summed E-state index contributed by atoms with van der Waals surface area (Å²) in [5.74, 6) is 1.58. The molecule has 0 amide bonds. The molecule has 6 nitrogen and oxygen atoms in total. The molecule has 0 saturated heterocycles. The molecule has 0 radical (unpaired) electrons. The van der Waals surface area contributed by atoms with Crippen LogP contribution in [0.2, 0.25) is 0 Å². The first-order valence-electron chi connectivity index (χ1n) is 13.8. The Labute approximate surface area is 252 Å². The van der Waals surface area contributed by atoms with E-state index < -0.39 is 0 Å². The van der Waals surface area contributed by atoms with Crippen LogP contribution in [0.25, 0.3) is 22.3 Å². The summed E-state index contributed by atoms with van der Waals surface area (Å²) in [7, 11) is 0. The minimum absolute atomic E-state index is 0.0429. The molecule has 5 aromatic rings. The highest BCUT2D eigenvalue weighted by molar-refractivity contribution is 9.10.